The molecule has 4 nitrogen and oxygen atoms in total. The number of hydrogen-bond acceptors (Lipinski definition) is 5. The van der Waals surface area contributed by atoms with E-state index in [0.29, 0.717) is 24.3 Å². The second kappa shape index (κ2) is 6.91. The topological polar surface area (TPSA) is 41.9 Å². The van der Waals surface area contributed by atoms with E-state index in [0.717, 1.165) is 25.2 Å². The van der Waals surface area contributed by atoms with Gasteiger partial charge in [-0.1, -0.05) is 0 Å². The standard InChI is InChI=1S/C18H23NO3S/c1-21-16-9-15(10-17(11-16)22-2)18(20)4-6-19(7-5-18)12-14-3-8-23-13-14/h3,8-11,13,20H,4-7,12H2,1-2H3. The van der Waals surface area contributed by atoms with Gasteiger partial charge in [0.25, 0.3) is 0 Å². The van der Waals surface area contributed by atoms with Crippen LogP contribution in [0.2, 0.25) is 0 Å². The van der Waals surface area contributed by atoms with Gasteiger partial charge in [0.2, 0.25) is 0 Å². The van der Waals surface area contributed by atoms with Crippen LogP contribution in [0.5, 0.6) is 11.5 Å². The molecule has 1 saturated heterocycles. The van der Waals surface area contributed by atoms with E-state index in [9.17, 15) is 5.11 Å². The molecule has 1 aliphatic heterocycles. The third kappa shape index (κ3) is 3.68. The molecule has 2 aromatic rings. The molecule has 2 heterocycles. The lowest BCUT2D eigenvalue weighted by Gasteiger charge is -2.38. The van der Waals surface area contributed by atoms with Crippen molar-refractivity contribution < 1.29 is 14.6 Å². The number of nitrogens with zero attached hydrogens (tertiary/aromatic N) is 1. The quantitative estimate of drug-likeness (QED) is 0.912. The molecule has 3 rings (SSSR count). The summed E-state index contributed by atoms with van der Waals surface area (Å²) >= 11 is 1.73. The van der Waals surface area contributed by atoms with Gasteiger partial charge in [-0.15, -0.1) is 0 Å². The Morgan fingerprint density at radius 1 is 1.13 bits per heavy atom. The van der Waals surface area contributed by atoms with E-state index in [1.165, 1.54) is 5.56 Å². The highest BCUT2D eigenvalue weighted by atomic mass is 32.1. The van der Waals surface area contributed by atoms with Crippen LogP contribution in [0.25, 0.3) is 0 Å². The molecular weight excluding hydrogens is 310 g/mol. The van der Waals surface area contributed by atoms with Crippen LogP contribution in [0.3, 0.4) is 0 Å². The van der Waals surface area contributed by atoms with Crippen LogP contribution < -0.4 is 9.47 Å². The highest BCUT2D eigenvalue weighted by Gasteiger charge is 2.34. The molecule has 0 amide bonds. The summed E-state index contributed by atoms with van der Waals surface area (Å²) in [5.41, 5.74) is 1.42. The summed E-state index contributed by atoms with van der Waals surface area (Å²) in [5, 5.41) is 15.4. The molecule has 0 bridgehead atoms. The van der Waals surface area contributed by atoms with E-state index in [-0.39, 0.29) is 0 Å². The summed E-state index contributed by atoms with van der Waals surface area (Å²) in [6.45, 7) is 2.72. The smallest absolute Gasteiger partial charge is 0.122 e. The largest absolute Gasteiger partial charge is 0.497 e. The number of thiophene rings is 1. The lowest BCUT2D eigenvalue weighted by atomic mass is 9.84. The molecule has 0 saturated carbocycles. The average Bonchev–Trinajstić information content (AvgIpc) is 3.09. The fourth-order valence-electron chi connectivity index (χ4n) is 3.09. The van der Waals surface area contributed by atoms with Crippen molar-refractivity contribution in [2.45, 2.75) is 25.0 Å². The molecule has 0 radical (unpaired) electrons. The summed E-state index contributed by atoms with van der Waals surface area (Å²) < 4.78 is 10.6. The fourth-order valence-corrected chi connectivity index (χ4v) is 3.75. The van der Waals surface area contributed by atoms with Crippen molar-refractivity contribution in [1.82, 2.24) is 4.90 Å². The summed E-state index contributed by atoms with van der Waals surface area (Å²) in [4.78, 5) is 2.40. The van der Waals surface area contributed by atoms with E-state index < -0.39 is 5.60 Å². The van der Waals surface area contributed by atoms with Crippen LogP contribution >= 0.6 is 11.3 Å². The maximum Gasteiger partial charge on any atom is 0.122 e. The molecule has 23 heavy (non-hydrogen) atoms. The molecule has 5 heteroatoms. The number of ether oxygens (including phenoxy) is 2. The summed E-state index contributed by atoms with van der Waals surface area (Å²) in [6, 6.07) is 7.82. The van der Waals surface area contributed by atoms with Crippen molar-refractivity contribution in [3.8, 4) is 11.5 Å². The van der Waals surface area contributed by atoms with Crippen molar-refractivity contribution in [3.63, 3.8) is 0 Å². The summed E-state index contributed by atoms with van der Waals surface area (Å²) in [7, 11) is 3.26. The predicted molar refractivity (Wildman–Crippen MR) is 92.3 cm³/mol. The highest BCUT2D eigenvalue weighted by Crippen LogP contribution is 2.37. The Balaban J connectivity index is 1.71. The maximum absolute atomic E-state index is 11.1. The van der Waals surface area contributed by atoms with Crippen LogP contribution in [0, 0.1) is 0 Å². The molecule has 1 aliphatic rings. The number of piperidine rings is 1. The molecule has 1 fully saturated rings. The van der Waals surface area contributed by atoms with E-state index in [4.69, 9.17) is 9.47 Å². The van der Waals surface area contributed by atoms with Gasteiger partial charge in [-0.3, -0.25) is 4.90 Å². The Morgan fingerprint density at radius 2 is 1.78 bits per heavy atom. The van der Waals surface area contributed by atoms with Crippen molar-refractivity contribution in [2.75, 3.05) is 27.3 Å². The third-order valence-corrected chi connectivity index (χ3v) is 5.29. The van der Waals surface area contributed by atoms with Crippen LogP contribution in [0.1, 0.15) is 24.0 Å². The zero-order chi connectivity index (χ0) is 16.3. The first kappa shape index (κ1) is 16.3. The van der Waals surface area contributed by atoms with Gasteiger partial charge >= 0.3 is 0 Å². The van der Waals surface area contributed by atoms with Crippen LogP contribution in [-0.4, -0.2) is 37.3 Å². The monoisotopic (exact) mass is 333 g/mol. The molecule has 1 N–H and O–H groups in total. The molecule has 1 aromatic carbocycles. The molecule has 0 atom stereocenters. The number of benzene rings is 1. The minimum Gasteiger partial charge on any atom is -0.497 e. The van der Waals surface area contributed by atoms with Gasteiger partial charge in [-0.25, -0.2) is 0 Å². The van der Waals surface area contributed by atoms with Crippen LogP contribution in [0.15, 0.2) is 35.0 Å². The van der Waals surface area contributed by atoms with Gasteiger partial charge in [0.1, 0.15) is 11.5 Å². The Bertz CT molecular complexity index is 611. The zero-order valence-corrected chi connectivity index (χ0v) is 14.4. The molecule has 124 valence electrons. The normalized spacial score (nSPS) is 17.9. The summed E-state index contributed by atoms with van der Waals surface area (Å²) in [6.07, 6.45) is 1.43. The van der Waals surface area contributed by atoms with E-state index in [2.05, 4.69) is 21.7 Å². The Labute approximate surface area is 141 Å². The Morgan fingerprint density at radius 3 is 2.30 bits per heavy atom. The predicted octanol–water partition coefficient (Wildman–Crippen LogP) is 3.25. The number of methoxy groups -OCH3 is 2. The first-order chi connectivity index (χ1) is 11.1. The van der Waals surface area contributed by atoms with Crippen LogP contribution in [-0.2, 0) is 12.1 Å². The van der Waals surface area contributed by atoms with Gasteiger partial charge in [0, 0.05) is 25.7 Å². The third-order valence-electron chi connectivity index (χ3n) is 4.56. The van der Waals surface area contributed by atoms with E-state index in [1.807, 2.05) is 18.2 Å². The second-order valence-electron chi connectivity index (χ2n) is 6.04. The van der Waals surface area contributed by atoms with Crippen molar-refractivity contribution in [1.29, 1.82) is 0 Å². The van der Waals surface area contributed by atoms with Gasteiger partial charge in [-0.05, 0) is 52.9 Å². The zero-order valence-electron chi connectivity index (χ0n) is 13.6. The number of hydrogen-bond donors (Lipinski definition) is 1. The Hall–Kier alpha value is -1.56. The minimum atomic E-state index is -0.813. The minimum absolute atomic E-state index is 0.716. The fraction of sp³-hybridized carbons (Fsp3) is 0.444. The molecular formula is C18H23NO3S. The lowest BCUT2D eigenvalue weighted by Crippen LogP contribution is -2.42. The Kier molecular flexibility index (Phi) is 4.90. The number of rotatable bonds is 5. The lowest BCUT2D eigenvalue weighted by molar-refractivity contribution is -0.0279. The average molecular weight is 333 g/mol. The van der Waals surface area contributed by atoms with Gasteiger partial charge in [0.05, 0.1) is 19.8 Å². The second-order valence-corrected chi connectivity index (χ2v) is 6.82. The van der Waals surface area contributed by atoms with Crippen molar-refractivity contribution >= 4 is 11.3 Å². The summed E-state index contributed by atoms with van der Waals surface area (Å²) in [5.74, 6) is 1.43. The number of likely N-dealkylation sites (tertiary alicyclic amines) is 1. The molecule has 1 aromatic heterocycles. The van der Waals surface area contributed by atoms with Gasteiger partial charge < -0.3 is 14.6 Å². The van der Waals surface area contributed by atoms with Gasteiger partial charge in [0.15, 0.2) is 0 Å². The van der Waals surface area contributed by atoms with Crippen molar-refractivity contribution in [3.05, 3.63) is 46.2 Å². The highest BCUT2D eigenvalue weighted by molar-refractivity contribution is 7.07. The van der Waals surface area contributed by atoms with Gasteiger partial charge in [-0.2, -0.15) is 11.3 Å². The van der Waals surface area contributed by atoms with E-state index in [1.54, 1.807) is 25.6 Å². The molecule has 0 spiro atoms. The van der Waals surface area contributed by atoms with Crippen molar-refractivity contribution in [2.24, 2.45) is 0 Å². The maximum atomic E-state index is 11.1. The van der Waals surface area contributed by atoms with E-state index >= 15 is 0 Å². The molecule has 0 aliphatic carbocycles. The van der Waals surface area contributed by atoms with Crippen LogP contribution in [0.4, 0.5) is 0 Å². The number of aliphatic hydroxyl groups is 1. The first-order valence-corrected chi connectivity index (χ1v) is 8.76. The SMILES string of the molecule is COc1cc(OC)cc(C2(O)CCN(Cc3ccsc3)CC2)c1. The molecule has 0 unspecified atom stereocenters. The first-order valence-electron chi connectivity index (χ1n) is 7.82.